The molecule has 3 aliphatic heterocycles. The van der Waals surface area contributed by atoms with Crippen LogP contribution in [0.15, 0.2) is 34.3 Å². The molecule has 0 saturated carbocycles. The standard InChI is InChI=1S/C27H34N8O2/c1-16(36)11-35-23-13-32(5)12-17(2)37-26-24(18(3)30-33(26)6)22-10-27(4)25(29-15-34(27)14-28-22)19-7-8-21(31-35)20(23)9-19/h7-10,14-17,25,36H,11-13H2,1-6H3/t16-,17-,25?,27?/m0/s1. The van der Waals surface area contributed by atoms with E-state index in [0.717, 1.165) is 39.1 Å². The Kier molecular flexibility index (Phi) is 5.50. The third kappa shape index (κ3) is 3.86. The molecule has 1 N–H and O–H groups in total. The van der Waals surface area contributed by atoms with Crippen molar-refractivity contribution in [2.75, 3.05) is 13.6 Å². The fourth-order valence-electron chi connectivity index (χ4n) is 5.86. The molecule has 0 amide bonds. The molecule has 0 saturated heterocycles. The minimum Gasteiger partial charge on any atom is -0.473 e. The number of benzene rings is 1. The zero-order valence-corrected chi connectivity index (χ0v) is 22.3. The highest BCUT2D eigenvalue weighted by molar-refractivity contribution is 5.89. The second-order valence-electron chi connectivity index (χ2n) is 10.8. The summed E-state index contributed by atoms with van der Waals surface area (Å²) in [5, 5.41) is 20.8. The van der Waals surface area contributed by atoms with E-state index in [0.29, 0.717) is 25.5 Å². The predicted molar refractivity (Wildman–Crippen MR) is 144 cm³/mol. The molecule has 4 atom stereocenters. The quantitative estimate of drug-likeness (QED) is 0.579. The lowest BCUT2D eigenvalue weighted by Crippen LogP contribution is -2.44. The van der Waals surface area contributed by atoms with Crippen molar-refractivity contribution in [3.05, 3.63) is 46.8 Å². The lowest BCUT2D eigenvalue weighted by atomic mass is 9.84. The third-order valence-electron chi connectivity index (χ3n) is 7.55. The maximum atomic E-state index is 10.2. The Bertz CT molecular complexity index is 1460. The SMILES string of the molecule is Cc1nn(C)c2c1C1=CC3(C)C(N=CN3C=N1)c1ccc3nn(C[C@H](C)O)c(c3c1)CN(C)C[C@H](C)O2. The summed E-state index contributed by atoms with van der Waals surface area (Å²) in [7, 11) is 4.00. The predicted octanol–water partition coefficient (Wildman–Crippen LogP) is 2.90. The van der Waals surface area contributed by atoms with Crippen LogP contribution in [0.25, 0.3) is 16.6 Å². The summed E-state index contributed by atoms with van der Waals surface area (Å²) in [6.07, 6.45) is 5.32. The molecule has 6 rings (SSSR count). The molecular weight excluding hydrogens is 468 g/mol. The molecule has 0 radical (unpaired) electrons. The summed E-state index contributed by atoms with van der Waals surface area (Å²) < 4.78 is 10.3. The number of aliphatic hydroxyl groups excluding tert-OH is 1. The van der Waals surface area contributed by atoms with Gasteiger partial charge in [0, 0.05) is 25.5 Å². The monoisotopic (exact) mass is 502 g/mol. The van der Waals surface area contributed by atoms with E-state index in [1.54, 1.807) is 11.6 Å². The van der Waals surface area contributed by atoms with Crippen molar-refractivity contribution in [2.24, 2.45) is 17.0 Å². The lowest BCUT2D eigenvalue weighted by Gasteiger charge is -2.37. The molecule has 37 heavy (non-hydrogen) atoms. The van der Waals surface area contributed by atoms with Crippen LogP contribution in [0, 0.1) is 6.92 Å². The Morgan fingerprint density at radius 3 is 2.81 bits per heavy atom. The van der Waals surface area contributed by atoms with Gasteiger partial charge in [0.15, 0.2) is 0 Å². The first kappa shape index (κ1) is 23.9. The molecule has 10 heteroatoms. The smallest absolute Gasteiger partial charge is 0.221 e. The number of likely N-dealkylation sites (N-methyl/N-ethyl adjacent to an activating group) is 1. The first-order valence-electron chi connectivity index (χ1n) is 12.8. The number of fused-ring (bicyclic) bond motifs is 4. The van der Waals surface area contributed by atoms with Crippen LogP contribution < -0.4 is 4.74 Å². The maximum absolute atomic E-state index is 10.2. The Hall–Kier alpha value is -3.50. The fourth-order valence-corrected chi connectivity index (χ4v) is 5.86. The van der Waals surface area contributed by atoms with Crippen molar-refractivity contribution in [3.8, 4) is 5.88 Å². The number of nitrogens with zero attached hydrogens (tertiary/aromatic N) is 8. The Balaban J connectivity index is 1.55. The zero-order chi connectivity index (χ0) is 26.1. The molecule has 2 aromatic heterocycles. The van der Waals surface area contributed by atoms with Gasteiger partial charge in [-0.25, -0.2) is 9.67 Å². The fraction of sp³-hybridized carbons (Fsp3) is 0.481. The lowest BCUT2D eigenvalue weighted by molar-refractivity contribution is 0.142. The molecule has 3 aliphatic rings. The number of aliphatic imine (C=N–C) groups is 2. The summed E-state index contributed by atoms with van der Waals surface area (Å²) >= 11 is 0. The first-order valence-corrected chi connectivity index (χ1v) is 12.8. The van der Waals surface area contributed by atoms with Crippen LogP contribution in [0.2, 0.25) is 0 Å². The van der Waals surface area contributed by atoms with Crippen LogP contribution >= 0.6 is 0 Å². The summed E-state index contributed by atoms with van der Waals surface area (Å²) in [6, 6.07) is 6.29. The van der Waals surface area contributed by atoms with Crippen molar-refractivity contribution in [1.29, 1.82) is 0 Å². The van der Waals surface area contributed by atoms with Crippen LogP contribution in [0.4, 0.5) is 0 Å². The Labute approximate surface area is 216 Å². The van der Waals surface area contributed by atoms with Crippen LogP contribution in [0.5, 0.6) is 5.88 Å². The molecule has 2 unspecified atom stereocenters. The van der Waals surface area contributed by atoms with Crippen LogP contribution in [0.1, 0.15) is 49.3 Å². The molecule has 194 valence electrons. The van der Waals surface area contributed by atoms with Crippen molar-refractivity contribution in [1.82, 2.24) is 29.4 Å². The molecule has 0 aliphatic carbocycles. The van der Waals surface area contributed by atoms with E-state index in [-0.39, 0.29) is 12.1 Å². The summed E-state index contributed by atoms with van der Waals surface area (Å²) in [6.45, 7) is 9.87. The van der Waals surface area contributed by atoms with Gasteiger partial charge >= 0.3 is 0 Å². The van der Waals surface area contributed by atoms with Crippen LogP contribution in [-0.2, 0) is 20.1 Å². The number of aromatic nitrogens is 4. The highest BCUT2D eigenvalue weighted by Crippen LogP contribution is 2.44. The largest absolute Gasteiger partial charge is 0.473 e. The van der Waals surface area contributed by atoms with Crippen molar-refractivity contribution < 1.29 is 9.84 Å². The first-order chi connectivity index (χ1) is 17.6. The molecule has 1 aromatic carbocycles. The molecule has 0 fully saturated rings. The van der Waals surface area contributed by atoms with Crippen LogP contribution in [-0.4, -0.2) is 78.5 Å². The van der Waals surface area contributed by atoms with Crippen molar-refractivity contribution in [3.63, 3.8) is 0 Å². The van der Waals surface area contributed by atoms with E-state index >= 15 is 0 Å². The Morgan fingerprint density at radius 1 is 1.22 bits per heavy atom. The molecule has 4 bridgehead atoms. The average Bonchev–Trinajstić information content (AvgIpc) is 3.42. The molecular formula is C27H34N8O2. The molecule has 5 heterocycles. The second kappa shape index (κ2) is 8.53. The summed E-state index contributed by atoms with van der Waals surface area (Å²) in [4.78, 5) is 14.0. The van der Waals surface area contributed by atoms with Gasteiger partial charge in [-0.05, 0) is 58.5 Å². The average molecular weight is 503 g/mol. The van der Waals surface area contributed by atoms with Gasteiger partial charge in [0.1, 0.15) is 12.1 Å². The number of aryl methyl sites for hydroxylation is 2. The van der Waals surface area contributed by atoms with E-state index in [1.807, 2.05) is 31.3 Å². The number of hydrogen-bond acceptors (Lipinski definition) is 8. The van der Waals surface area contributed by atoms with E-state index in [2.05, 4.69) is 60.1 Å². The molecule has 3 aromatic rings. The van der Waals surface area contributed by atoms with E-state index in [9.17, 15) is 5.11 Å². The highest BCUT2D eigenvalue weighted by Gasteiger charge is 2.44. The minimum absolute atomic E-state index is 0.0959. The summed E-state index contributed by atoms with van der Waals surface area (Å²) in [5.74, 6) is 0.714. The number of ether oxygens (including phenoxy) is 1. The minimum atomic E-state index is -0.502. The van der Waals surface area contributed by atoms with E-state index in [1.165, 1.54) is 0 Å². The van der Waals surface area contributed by atoms with E-state index < -0.39 is 11.6 Å². The van der Waals surface area contributed by atoms with Gasteiger partial charge in [-0.1, -0.05) is 6.07 Å². The number of rotatable bonds is 2. The van der Waals surface area contributed by atoms with Gasteiger partial charge < -0.3 is 14.7 Å². The van der Waals surface area contributed by atoms with E-state index in [4.69, 9.17) is 19.8 Å². The normalized spacial score (nSPS) is 26.1. The third-order valence-corrected chi connectivity index (χ3v) is 7.55. The number of aliphatic hydroxyl groups is 1. The van der Waals surface area contributed by atoms with Gasteiger partial charge in [0.2, 0.25) is 5.88 Å². The zero-order valence-electron chi connectivity index (χ0n) is 22.3. The van der Waals surface area contributed by atoms with Crippen molar-refractivity contribution in [2.45, 2.75) is 64.6 Å². The highest BCUT2D eigenvalue weighted by atomic mass is 16.5. The Morgan fingerprint density at radius 2 is 2.03 bits per heavy atom. The van der Waals surface area contributed by atoms with Gasteiger partial charge in [-0.2, -0.15) is 10.2 Å². The van der Waals surface area contributed by atoms with Gasteiger partial charge in [-0.15, -0.1) is 0 Å². The van der Waals surface area contributed by atoms with Gasteiger partial charge in [-0.3, -0.25) is 14.6 Å². The second-order valence-corrected chi connectivity index (χ2v) is 10.8. The van der Waals surface area contributed by atoms with Gasteiger partial charge in [0.05, 0.1) is 59.0 Å². The topological polar surface area (TPSA) is 96.3 Å². The maximum Gasteiger partial charge on any atom is 0.221 e. The molecule has 0 spiro atoms. The van der Waals surface area contributed by atoms with Crippen LogP contribution in [0.3, 0.4) is 0 Å². The molecule has 10 nitrogen and oxygen atoms in total. The van der Waals surface area contributed by atoms with Gasteiger partial charge in [0.25, 0.3) is 0 Å². The number of hydrogen-bond donors (Lipinski definition) is 1. The summed E-state index contributed by atoms with van der Waals surface area (Å²) in [5.41, 5.74) is 5.31. The van der Waals surface area contributed by atoms with Crippen molar-refractivity contribution >= 4 is 29.3 Å².